The van der Waals surface area contributed by atoms with Gasteiger partial charge in [0.2, 0.25) is 0 Å². The molecule has 112 valence electrons. The maximum absolute atomic E-state index is 11.9. The van der Waals surface area contributed by atoms with Crippen molar-refractivity contribution in [2.24, 2.45) is 0 Å². The molecule has 2 N–H and O–H groups in total. The number of rotatable bonds is 6. The molecule has 0 saturated carbocycles. The van der Waals surface area contributed by atoms with Crippen molar-refractivity contribution in [2.75, 3.05) is 13.7 Å². The lowest BCUT2D eigenvalue weighted by atomic mass is 10.2. The summed E-state index contributed by atoms with van der Waals surface area (Å²) in [6, 6.07) is 7.15. The number of aliphatic hydroxyl groups is 1. The Labute approximate surface area is 122 Å². The van der Waals surface area contributed by atoms with Crippen molar-refractivity contribution < 1.29 is 14.6 Å². The van der Waals surface area contributed by atoms with Crippen LogP contribution in [0.1, 0.15) is 17.1 Å². The molecule has 1 heterocycles. The molecule has 1 aromatic carbocycles. The molecule has 0 radical (unpaired) electrons. The smallest absolute Gasteiger partial charge is 0.254 e. The van der Waals surface area contributed by atoms with Crippen LogP contribution < -0.4 is 15.0 Å². The van der Waals surface area contributed by atoms with E-state index in [1.807, 2.05) is 0 Å². The summed E-state index contributed by atoms with van der Waals surface area (Å²) in [6.07, 6.45) is 0.299. The summed E-state index contributed by atoms with van der Waals surface area (Å²) in [5.74, 6) is 1.86. The molecule has 0 aliphatic heterocycles. The largest absolute Gasteiger partial charge is 0.497 e. The molecule has 2 rings (SSSR count). The molecule has 0 aliphatic rings. The quantitative estimate of drug-likeness (QED) is 0.835. The van der Waals surface area contributed by atoms with Gasteiger partial charge in [-0.05, 0) is 31.2 Å². The van der Waals surface area contributed by atoms with E-state index >= 15 is 0 Å². The highest BCUT2D eigenvalue weighted by Gasteiger charge is 2.08. The number of benzene rings is 1. The third-order valence-corrected chi connectivity index (χ3v) is 3.07. The molecule has 0 fully saturated rings. The Hall–Kier alpha value is -2.34. The standard InChI is InChI=1S/C15H18N2O4/c1-10-13(7-8-18)15(19)17-14(16-10)9-21-12-5-3-11(20-2)4-6-12/h3-6,18H,7-9H2,1-2H3,(H,16,17,19). The van der Waals surface area contributed by atoms with Crippen LogP contribution in [0.2, 0.25) is 0 Å². The molecule has 0 unspecified atom stereocenters. The molecule has 0 spiro atoms. The predicted molar refractivity (Wildman–Crippen MR) is 77.7 cm³/mol. The summed E-state index contributed by atoms with van der Waals surface area (Å²) in [5, 5.41) is 8.92. The molecule has 21 heavy (non-hydrogen) atoms. The fourth-order valence-corrected chi connectivity index (χ4v) is 1.97. The highest BCUT2D eigenvalue weighted by Crippen LogP contribution is 2.17. The number of nitrogens with zero attached hydrogens (tertiary/aromatic N) is 1. The van der Waals surface area contributed by atoms with Crippen molar-refractivity contribution >= 4 is 0 Å². The van der Waals surface area contributed by atoms with Crippen LogP contribution >= 0.6 is 0 Å². The van der Waals surface area contributed by atoms with Crippen molar-refractivity contribution in [3.8, 4) is 11.5 Å². The van der Waals surface area contributed by atoms with E-state index < -0.39 is 0 Å². The molecular formula is C15H18N2O4. The van der Waals surface area contributed by atoms with Gasteiger partial charge in [0.15, 0.2) is 0 Å². The van der Waals surface area contributed by atoms with E-state index in [-0.39, 0.29) is 18.8 Å². The van der Waals surface area contributed by atoms with Crippen LogP contribution in [-0.2, 0) is 13.0 Å². The van der Waals surface area contributed by atoms with Crippen molar-refractivity contribution in [3.63, 3.8) is 0 Å². The van der Waals surface area contributed by atoms with E-state index in [4.69, 9.17) is 14.6 Å². The molecule has 0 aliphatic carbocycles. The number of H-pyrrole nitrogens is 1. The lowest BCUT2D eigenvalue weighted by Crippen LogP contribution is -2.20. The minimum absolute atomic E-state index is 0.0761. The van der Waals surface area contributed by atoms with Crippen molar-refractivity contribution in [1.82, 2.24) is 9.97 Å². The maximum Gasteiger partial charge on any atom is 0.254 e. The molecule has 6 heteroatoms. The van der Waals surface area contributed by atoms with Crippen LogP contribution in [0, 0.1) is 6.92 Å². The third kappa shape index (κ3) is 3.82. The van der Waals surface area contributed by atoms with E-state index in [0.717, 1.165) is 5.75 Å². The Kier molecular flexibility index (Phi) is 4.94. The normalized spacial score (nSPS) is 10.4. The molecular weight excluding hydrogens is 272 g/mol. The first-order valence-electron chi connectivity index (χ1n) is 6.60. The van der Waals surface area contributed by atoms with E-state index in [9.17, 15) is 4.79 Å². The summed E-state index contributed by atoms with van der Waals surface area (Å²) < 4.78 is 10.6. The molecule has 1 aromatic heterocycles. The number of hydrogen-bond donors (Lipinski definition) is 2. The SMILES string of the molecule is COc1ccc(OCc2nc(C)c(CCO)c(=O)[nH]2)cc1. The van der Waals surface area contributed by atoms with Crippen molar-refractivity contribution in [2.45, 2.75) is 20.0 Å². The summed E-state index contributed by atoms with van der Waals surface area (Å²) in [7, 11) is 1.60. The van der Waals surface area contributed by atoms with Crippen LogP contribution in [0.5, 0.6) is 11.5 Å². The number of ether oxygens (including phenoxy) is 2. The van der Waals surface area contributed by atoms with Gasteiger partial charge in [0, 0.05) is 24.3 Å². The topological polar surface area (TPSA) is 84.4 Å². The molecule has 0 amide bonds. The van der Waals surface area contributed by atoms with Gasteiger partial charge < -0.3 is 19.6 Å². The second-order valence-electron chi connectivity index (χ2n) is 4.51. The number of aryl methyl sites for hydroxylation is 1. The van der Waals surface area contributed by atoms with Crippen LogP contribution in [-0.4, -0.2) is 28.8 Å². The van der Waals surface area contributed by atoms with E-state index in [2.05, 4.69) is 9.97 Å². The van der Waals surface area contributed by atoms with Gasteiger partial charge in [0.25, 0.3) is 5.56 Å². The van der Waals surface area contributed by atoms with Gasteiger partial charge in [-0.15, -0.1) is 0 Å². The Morgan fingerprint density at radius 1 is 1.24 bits per heavy atom. The van der Waals surface area contributed by atoms with Crippen LogP contribution in [0.25, 0.3) is 0 Å². The highest BCUT2D eigenvalue weighted by molar-refractivity contribution is 5.31. The monoisotopic (exact) mass is 290 g/mol. The van der Waals surface area contributed by atoms with Gasteiger partial charge in [-0.2, -0.15) is 0 Å². The first kappa shape index (κ1) is 15.1. The third-order valence-electron chi connectivity index (χ3n) is 3.07. The number of hydrogen-bond acceptors (Lipinski definition) is 5. The number of aromatic amines is 1. The number of aromatic nitrogens is 2. The Morgan fingerprint density at radius 2 is 1.90 bits per heavy atom. The average Bonchev–Trinajstić information content (AvgIpc) is 2.49. The van der Waals surface area contributed by atoms with E-state index in [1.54, 1.807) is 38.3 Å². The fourth-order valence-electron chi connectivity index (χ4n) is 1.97. The zero-order chi connectivity index (χ0) is 15.2. The van der Waals surface area contributed by atoms with Crippen LogP contribution in [0.3, 0.4) is 0 Å². The fraction of sp³-hybridized carbons (Fsp3) is 0.333. The Balaban J connectivity index is 2.07. The van der Waals surface area contributed by atoms with Crippen molar-refractivity contribution in [3.05, 3.63) is 51.7 Å². The molecule has 0 saturated heterocycles. The Morgan fingerprint density at radius 3 is 2.48 bits per heavy atom. The first-order chi connectivity index (χ1) is 10.1. The summed E-state index contributed by atoms with van der Waals surface area (Å²) in [6.45, 7) is 1.84. The summed E-state index contributed by atoms with van der Waals surface area (Å²) in [5.41, 5.74) is 0.886. The van der Waals surface area contributed by atoms with Crippen molar-refractivity contribution in [1.29, 1.82) is 0 Å². The first-order valence-corrected chi connectivity index (χ1v) is 6.60. The zero-order valence-electron chi connectivity index (χ0n) is 12.0. The number of methoxy groups -OCH3 is 1. The van der Waals surface area contributed by atoms with Crippen LogP contribution in [0.4, 0.5) is 0 Å². The minimum Gasteiger partial charge on any atom is -0.497 e. The maximum atomic E-state index is 11.9. The second-order valence-corrected chi connectivity index (χ2v) is 4.51. The van der Waals surface area contributed by atoms with Gasteiger partial charge >= 0.3 is 0 Å². The molecule has 0 atom stereocenters. The van der Waals surface area contributed by atoms with E-state index in [1.165, 1.54) is 0 Å². The van der Waals surface area contributed by atoms with Gasteiger partial charge in [0.1, 0.15) is 23.9 Å². The zero-order valence-corrected chi connectivity index (χ0v) is 12.0. The molecule has 0 bridgehead atoms. The van der Waals surface area contributed by atoms with Gasteiger partial charge in [-0.25, -0.2) is 4.98 Å². The average molecular weight is 290 g/mol. The lowest BCUT2D eigenvalue weighted by Gasteiger charge is -2.08. The van der Waals surface area contributed by atoms with E-state index in [0.29, 0.717) is 29.3 Å². The van der Waals surface area contributed by atoms with Gasteiger partial charge in [-0.1, -0.05) is 0 Å². The number of nitrogens with one attached hydrogen (secondary N) is 1. The van der Waals surface area contributed by atoms with Gasteiger partial charge in [0.05, 0.1) is 7.11 Å². The second kappa shape index (κ2) is 6.90. The Bertz CT molecular complexity index is 650. The number of aliphatic hydroxyl groups excluding tert-OH is 1. The van der Waals surface area contributed by atoms with Crippen LogP contribution in [0.15, 0.2) is 29.1 Å². The lowest BCUT2D eigenvalue weighted by molar-refractivity contribution is 0.292. The summed E-state index contributed by atoms with van der Waals surface area (Å²) in [4.78, 5) is 18.8. The minimum atomic E-state index is -0.232. The molecule has 6 nitrogen and oxygen atoms in total. The predicted octanol–water partition coefficient (Wildman–Crippen LogP) is 1.20. The van der Waals surface area contributed by atoms with Gasteiger partial charge in [-0.3, -0.25) is 4.79 Å². The highest BCUT2D eigenvalue weighted by atomic mass is 16.5. The molecule has 2 aromatic rings. The summed E-state index contributed by atoms with van der Waals surface area (Å²) >= 11 is 0.